The van der Waals surface area contributed by atoms with Gasteiger partial charge in [0.1, 0.15) is 5.52 Å². The molecule has 2 rings (SSSR count). The number of oxazole rings is 1. The molecule has 15 heavy (non-hydrogen) atoms. The highest BCUT2D eigenvalue weighted by atomic mass is 16.3. The van der Waals surface area contributed by atoms with E-state index < -0.39 is 0 Å². The third kappa shape index (κ3) is 1.88. The van der Waals surface area contributed by atoms with Gasteiger partial charge in [0.05, 0.1) is 0 Å². The number of nitrogens with two attached hydrogens (primary N) is 1. The van der Waals surface area contributed by atoms with E-state index in [2.05, 4.69) is 4.98 Å². The van der Waals surface area contributed by atoms with Gasteiger partial charge in [-0.3, -0.25) is 0 Å². The van der Waals surface area contributed by atoms with Crippen LogP contribution < -0.4 is 5.73 Å². The molecular weight excluding hydrogens is 188 g/mol. The maximum Gasteiger partial charge on any atom is 0.199 e. The molecule has 0 saturated carbocycles. The zero-order valence-electron chi connectivity index (χ0n) is 9.32. The predicted molar refractivity (Wildman–Crippen MR) is 60.8 cm³/mol. The largest absolute Gasteiger partial charge is 0.440 e. The van der Waals surface area contributed by atoms with Gasteiger partial charge in [-0.15, -0.1) is 0 Å². The standard InChI is InChI=1S/C12H16N2O/c1-7-4-5-11-10(6-7)14-12(15-11)8(2)9(3)13/h4-6,8-9H,13H2,1-3H3. The van der Waals surface area contributed by atoms with E-state index in [4.69, 9.17) is 10.2 Å². The van der Waals surface area contributed by atoms with Gasteiger partial charge >= 0.3 is 0 Å². The zero-order valence-corrected chi connectivity index (χ0v) is 9.32. The van der Waals surface area contributed by atoms with E-state index in [9.17, 15) is 0 Å². The van der Waals surface area contributed by atoms with Gasteiger partial charge in [0.25, 0.3) is 0 Å². The number of benzene rings is 1. The molecule has 2 unspecified atom stereocenters. The number of hydrogen-bond donors (Lipinski definition) is 1. The molecule has 80 valence electrons. The highest BCUT2D eigenvalue weighted by Gasteiger charge is 2.16. The summed E-state index contributed by atoms with van der Waals surface area (Å²) in [6.45, 7) is 6.04. The molecule has 3 nitrogen and oxygen atoms in total. The van der Waals surface area contributed by atoms with E-state index in [1.807, 2.05) is 39.0 Å². The fraction of sp³-hybridized carbons (Fsp3) is 0.417. The van der Waals surface area contributed by atoms with Gasteiger partial charge in [-0.25, -0.2) is 4.98 Å². The van der Waals surface area contributed by atoms with Crippen LogP contribution in [0.2, 0.25) is 0 Å². The van der Waals surface area contributed by atoms with Gasteiger partial charge < -0.3 is 10.2 Å². The Hall–Kier alpha value is -1.35. The predicted octanol–water partition coefficient (Wildman–Crippen LogP) is 2.59. The van der Waals surface area contributed by atoms with Crippen LogP contribution in [0.5, 0.6) is 0 Å². The first-order chi connectivity index (χ1) is 7.08. The van der Waals surface area contributed by atoms with Crippen LogP contribution in [0.15, 0.2) is 22.6 Å². The summed E-state index contributed by atoms with van der Waals surface area (Å²) in [7, 11) is 0. The van der Waals surface area contributed by atoms with E-state index >= 15 is 0 Å². The minimum absolute atomic E-state index is 0.0548. The first-order valence-electron chi connectivity index (χ1n) is 5.20. The summed E-state index contributed by atoms with van der Waals surface area (Å²) in [5.41, 5.74) is 8.76. The maximum absolute atomic E-state index is 5.82. The van der Waals surface area contributed by atoms with E-state index in [1.165, 1.54) is 5.56 Å². The van der Waals surface area contributed by atoms with Gasteiger partial charge in [-0.1, -0.05) is 13.0 Å². The SMILES string of the molecule is Cc1ccc2oc(C(C)C(C)N)nc2c1. The van der Waals surface area contributed by atoms with Crippen LogP contribution in [0.25, 0.3) is 11.1 Å². The highest BCUT2D eigenvalue weighted by molar-refractivity contribution is 5.73. The third-order valence-corrected chi connectivity index (χ3v) is 2.74. The average molecular weight is 204 g/mol. The lowest BCUT2D eigenvalue weighted by molar-refractivity contribution is 0.451. The summed E-state index contributed by atoms with van der Waals surface area (Å²) in [4.78, 5) is 4.45. The molecule has 2 atom stereocenters. The Balaban J connectivity index is 2.47. The summed E-state index contributed by atoms with van der Waals surface area (Å²) in [6, 6.07) is 6.05. The van der Waals surface area contributed by atoms with Crippen LogP contribution in [0.3, 0.4) is 0 Å². The van der Waals surface area contributed by atoms with Gasteiger partial charge in [0, 0.05) is 12.0 Å². The minimum atomic E-state index is 0.0548. The smallest absolute Gasteiger partial charge is 0.199 e. The molecule has 0 bridgehead atoms. The molecule has 0 spiro atoms. The fourth-order valence-corrected chi connectivity index (χ4v) is 1.47. The Kier molecular flexibility index (Phi) is 2.49. The van der Waals surface area contributed by atoms with Gasteiger partial charge in [-0.05, 0) is 31.5 Å². The second-order valence-corrected chi connectivity index (χ2v) is 4.17. The van der Waals surface area contributed by atoms with Crippen LogP contribution in [0.4, 0.5) is 0 Å². The molecule has 0 aliphatic carbocycles. The van der Waals surface area contributed by atoms with Crippen LogP contribution in [-0.2, 0) is 0 Å². The van der Waals surface area contributed by atoms with Crippen LogP contribution in [0, 0.1) is 6.92 Å². The molecule has 0 aliphatic rings. The first kappa shape index (κ1) is 10.2. The van der Waals surface area contributed by atoms with Crippen molar-refractivity contribution >= 4 is 11.1 Å². The summed E-state index contributed by atoms with van der Waals surface area (Å²) < 4.78 is 5.65. The molecule has 1 heterocycles. The minimum Gasteiger partial charge on any atom is -0.440 e. The average Bonchev–Trinajstić information content (AvgIpc) is 2.58. The van der Waals surface area contributed by atoms with E-state index in [0.717, 1.165) is 17.0 Å². The van der Waals surface area contributed by atoms with E-state index in [0.29, 0.717) is 0 Å². The summed E-state index contributed by atoms with van der Waals surface area (Å²) in [5.74, 6) is 0.878. The second kappa shape index (κ2) is 3.66. The molecule has 2 aromatic rings. The topological polar surface area (TPSA) is 52.0 Å². The zero-order chi connectivity index (χ0) is 11.0. The lowest BCUT2D eigenvalue weighted by Gasteiger charge is -2.10. The van der Waals surface area contributed by atoms with Gasteiger partial charge in [0.15, 0.2) is 11.5 Å². The number of aryl methyl sites for hydroxylation is 1. The van der Waals surface area contributed by atoms with Crippen molar-refractivity contribution in [3.8, 4) is 0 Å². The molecule has 0 fully saturated rings. The molecule has 0 aliphatic heterocycles. The molecule has 1 aromatic heterocycles. The van der Waals surface area contributed by atoms with E-state index in [-0.39, 0.29) is 12.0 Å². The normalized spacial score (nSPS) is 15.5. The molecule has 3 heteroatoms. The van der Waals surface area contributed by atoms with Crippen LogP contribution >= 0.6 is 0 Å². The highest BCUT2D eigenvalue weighted by Crippen LogP contribution is 2.23. The first-order valence-corrected chi connectivity index (χ1v) is 5.20. The second-order valence-electron chi connectivity index (χ2n) is 4.17. The van der Waals surface area contributed by atoms with Gasteiger partial charge in [0.2, 0.25) is 0 Å². The number of nitrogens with zero attached hydrogens (tertiary/aromatic N) is 1. The van der Waals surface area contributed by atoms with Crippen molar-refractivity contribution in [3.05, 3.63) is 29.7 Å². The Bertz CT molecular complexity index is 473. The lowest BCUT2D eigenvalue weighted by Crippen LogP contribution is -2.22. The van der Waals surface area contributed by atoms with Crippen molar-refractivity contribution in [2.24, 2.45) is 5.73 Å². The number of fused-ring (bicyclic) bond motifs is 1. The van der Waals surface area contributed by atoms with Crippen molar-refractivity contribution in [2.75, 3.05) is 0 Å². The molecule has 0 radical (unpaired) electrons. The molecular formula is C12H16N2O. The summed E-state index contributed by atoms with van der Waals surface area (Å²) >= 11 is 0. The molecule has 0 saturated heterocycles. The number of rotatable bonds is 2. The maximum atomic E-state index is 5.82. The van der Waals surface area contributed by atoms with Crippen molar-refractivity contribution in [3.63, 3.8) is 0 Å². The quantitative estimate of drug-likeness (QED) is 0.818. The summed E-state index contributed by atoms with van der Waals surface area (Å²) in [6.07, 6.45) is 0. The Morgan fingerprint density at radius 1 is 1.33 bits per heavy atom. The lowest BCUT2D eigenvalue weighted by atomic mass is 10.1. The third-order valence-electron chi connectivity index (χ3n) is 2.74. The van der Waals surface area contributed by atoms with Crippen molar-refractivity contribution in [1.29, 1.82) is 0 Å². The van der Waals surface area contributed by atoms with Gasteiger partial charge in [-0.2, -0.15) is 0 Å². The van der Waals surface area contributed by atoms with Crippen molar-refractivity contribution < 1.29 is 4.42 Å². The van der Waals surface area contributed by atoms with Crippen molar-refractivity contribution in [1.82, 2.24) is 4.98 Å². The Morgan fingerprint density at radius 2 is 2.07 bits per heavy atom. The molecule has 1 aromatic carbocycles. The molecule has 2 N–H and O–H groups in total. The van der Waals surface area contributed by atoms with E-state index in [1.54, 1.807) is 0 Å². The molecule has 0 amide bonds. The van der Waals surface area contributed by atoms with Crippen molar-refractivity contribution in [2.45, 2.75) is 32.7 Å². The Morgan fingerprint density at radius 3 is 2.73 bits per heavy atom. The van der Waals surface area contributed by atoms with Crippen LogP contribution in [-0.4, -0.2) is 11.0 Å². The Labute approximate surface area is 89.3 Å². The number of aromatic nitrogens is 1. The summed E-state index contributed by atoms with van der Waals surface area (Å²) in [5, 5.41) is 0. The monoisotopic (exact) mass is 204 g/mol. The fourth-order valence-electron chi connectivity index (χ4n) is 1.47. The van der Waals surface area contributed by atoms with Crippen LogP contribution in [0.1, 0.15) is 31.2 Å². The number of hydrogen-bond acceptors (Lipinski definition) is 3.